The van der Waals surface area contributed by atoms with Gasteiger partial charge in [-0.15, -0.1) is 0 Å². The Labute approximate surface area is 240 Å². The van der Waals surface area contributed by atoms with Gasteiger partial charge in [-0.2, -0.15) is 5.10 Å². The highest BCUT2D eigenvalue weighted by molar-refractivity contribution is 6.30. The molecule has 0 unspecified atom stereocenters. The Hall–Kier alpha value is -3.56. The smallest absolute Gasteiger partial charge is 0.323 e. The number of ether oxygens (including phenoxy) is 2. The number of halogens is 1. The number of nitrogens with zero attached hydrogens (tertiary/aromatic N) is 3. The number of amides is 2. The van der Waals surface area contributed by atoms with Crippen LogP contribution in [0.15, 0.2) is 54.7 Å². The van der Waals surface area contributed by atoms with Crippen LogP contribution in [0.5, 0.6) is 5.75 Å². The molecule has 9 nitrogen and oxygen atoms in total. The lowest BCUT2D eigenvalue weighted by molar-refractivity contribution is -0.151. The van der Waals surface area contributed by atoms with E-state index in [2.05, 4.69) is 27.6 Å². The summed E-state index contributed by atoms with van der Waals surface area (Å²) in [5.41, 5.74) is 2.97. The molecule has 1 saturated heterocycles. The molecule has 1 aliphatic heterocycles. The maximum atomic E-state index is 12.6. The molecule has 10 heteroatoms. The molecule has 1 fully saturated rings. The Morgan fingerprint density at radius 1 is 1.02 bits per heavy atom. The minimum Gasteiger partial charge on any atom is -0.492 e. The third kappa shape index (κ3) is 8.72. The number of carbonyl (C=O) groups excluding carboxylic acids is 2. The van der Waals surface area contributed by atoms with Crippen LogP contribution >= 0.6 is 11.6 Å². The molecule has 2 amide bonds. The van der Waals surface area contributed by atoms with E-state index >= 15 is 0 Å². The summed E-state index contributed by atoms with van der Waals surface area (Å²) >= 11 is 5.93. The van der Waals surface area contributed by atoms with E-state index in [1.807, 2.05) is 31.3 Å². The number of hydrogen-bond acceptors (Lipinski definition) is 6. The van der Waals surface area contributed by atoms with E-state index in [0.29, 0.717) is 35.2 Å². The number of benzene rings is 2. The number of unbranched alkanes of at least 4 members (excludes halogenated alkanes) is 2. The fourth-order valence-corrected chi connectivity index (χ4v) is 4.82. The number of esters is 1. The van der Waals surface area contributed by atoms with Crippen molar-refractivity contribution in [2.45, 2.75) is 51.6 Å². The van der Waals surface area contributed by atoms with Gasteiger partial charge in [0.1, 0.15) is 18.5 Å². The third-order valence-electron chi connectivity index (χ3n) is 6.92. The van der Waals surface area contributed by atoms with Gasteiger partial charge in [0.25, 0.3) is 0 Å². The molecule has 2 heterocycles. The van der Waals surface area contributed by atoms with Crippen LogP contribution in [-0.4, -0.2) is 59.0 Å². The molecule has 2 aromatic carbocycles. The standard InChI is InChI=1S/C30H38ClN5O4/c1-3-4-5-6-29(37)40-25-14-17-36(18-15-25)19-20-39-28-12-11-24(21-26(28)27-13-16-32-35(27)2)34-30(38)33-23-9-7-22(31)8-10-23/h7-13,16,21,25H,3-6,14-15,17-20H2,1-2H3,(H2,33,34,38). The quantitative estimate of drug-likeness (QED) is 0.195. The van der Waals surface area contributed by atoms with Gasteiger partial charge in [-0.1, -0.05) is 31.4 Å². The summed E-state index contributed by atoms with van der Waals surface area (Å²) in [6.45, 7) is 5.15. The normalized spacial score (nSPS) is 14.1. The van der Waals surface area contributed by atoms with Gasteiger partial charge in [0.05, 0.1) is 5.69 Å². The van der Waals surface area contributed by atoms with Gasteiger partial charge < -0.3 is 20.1 Å². The van der Waals surface area contributed by atoms with Crippen LogP contribution in [0, 0.1) is 0 Å². The Morgan fingerprint density at radius 2 is 1.75 bits per heavy atom. The number of aromatic nitrogens is 2. The highest BCUT2D eigenvalue weighted by Crippen LogP contribution is 2.32. The summed E-state index contributed by atoms with van der Waals surface area (Å²) < 4.78 is 13.7. The number of urea groups is 1. The molecule has 0 aliphatic carbocycles. The van der Waals surface area contributed by atoms with Crippen LogP contribution in [0.3, 0.4) is 0 Å². The molecule has 0 atom stereocenters. The summed E-state index contributed by atoms with van der Waals surface area (Å²) in [6, 6.07) is 14.0. The zero-order chi connectivity index (χ0) is 28.3. The number of nitrogens with one attached hydrogen (secondary N) is 2. The van der Waals surface area contributed by atoms with E-state index in [1.54, 1.807) is 35.1 Å². The zero-order valence-corrected chi connectivity index (χ0v) is 24.0. The molecule has 0 spiro atoms. The van der Waals surface area contributed by atoms with Crippen molar-refractivity contribution >= 4 is 35.0 Å². The van der Waals surface area contributed by atoms with Gasteiger partial charge >= 0.3 is 12.0 Å². The molecule has 4 rings (SSSR count). The fourth-order valence-electron chi connectivity index (χ4n) is 4.70. The molecule has 40 heavy (non-hydrogen) atoms. The van der Waals surface area contributed by atoms with Gasteiger partial charge in [-0.05, 0) is 67.8 Å². The predicted octanol–water partition coefficient (Wildman–Crippen LogP) is 6.35. The number of carbonyl (C=O) groups is 2. The number of rotatable bonds is 12. The third-order valence-corrected chi connectivity index (χ3v) is 7.17. The number of likely N-dealkylation sites (tertiary alicyclic amines) is 1. The summed E-state index contributed by atoms with van der Waals surface area (Å²) in [7, 11) is 1.87. The van der Waals surface area contributed by atoms with Crippen molar-refractivity contribution in [3.63, 3.8) is 0 Å². The number of aryl methyl sites for hydroxylation is 1. The van der Waals surface area contributed by atoms with Crippen LogP contribution in [0.25, 0.3) is 11.3 Å². The first kappa shape index (κ1) is 29.4. The summed E-state index contributed by atoms with van der Waals surface area (Å²) in [5.74, 6) is 0.640. The van der Waals surface area contributed by atoms with Crippen LogP contribution < -0.4 is 15.4 Å². The van der Waals surface area contributed by atoms with Gasteiger partial charge in [0, 0.05) is 61.3 Å². The highest BCUT2D eigenvalue weighted by atomic mass is 35.5. The number of hydrogen-bond donors (Lipinski definition) is 2. The maximum Gasteiger partial charge on any atom is 0.323 e. The largest absolute Gasteiger partial charge is 0.492 e. The summed E-state index contributed by atoms with van der Waals surface area (Å²) in [4.78, 5) is 26.9. The van der Waals surface area contributed by atoms with Crippen molar-refractivity contribution < 1.29 is 19.1 Å². The lowest BCUT2D eigenvalue weighted by atomic mass is 10.1. The fraction of sp³-hybridized carbons (Fsp3) is 0.433. The molecule has 1 aromatic heterocycles. The average Bonchev–Trinajstić information content (AvgIpc) is 3.37. The van der Waals surface area contributed by atoms with Gasteiger partial charge in [-0.3, -0.25) is 14.4 Å². The van der Waals surface area contributed by atoms with Crippen molar-refractivity contribution in [1.29, 1.82) is 0 Å². The molecular formula is C30H38ClN5O4. The van der Waals surface area contributed by atoms with Crippen LogP contribution in [0.2, 0.25) is 5.02 Å². The molecule has 3 aromatic rings. The van der Waals surface area contributed by atoms with Crippen molar-refractivity contribution in [1.82, 2.24) is 14.7 Å². The molecule has 0 radical (unpaired) electrons. The van der Waals surface area contributed by atoms with Crippen molar-refractivity contribution in [2.24, 2.45) is 7.05 Å². The second-order valence-corrected chi connectivity index (χ2v) is 10.4. The maximum absolute atomic E-state index is 12.6. The second kappa shape index (κ2) is 14.7. The van der Waals surface area contributed by atoms with Crippen LogP contribution in [-0.2, 0) is 16.6 Å². The van der Waals surface area contributed by atoms with E-state index in [0.717, 1.165) is 63.0 Å². The first-order chi connectivity index (χ1) is 19.4. The minimum absolute atomic E-state index is 0.0136. The number of piperidine rings is 1. The Bertz CT molecular complexity index is 1260. The van der Waals surface area contributed by atoms with Crippen LogP contribution in [0.1, 0.15) is 45.4 Å². The molecule has 214 valence electrons. The second-order valence-electron chi connectivity index (χ2n) is 9.97. The molecule has 0 saturated carbocycles. The predicted molar refractivity (Wildman–Crippen MR) is 158 cm³/mol. The van der Waals surface area contributed by atoms with E-state index < -0.39 is 0 Å². The average molecular weight is 568 g/mol. The van der Waals surface area contributed by atoms with Gasteiger partial charge in [0.2, 0.25) is 0 Å². The first-order valence-corrected chi connectivity index (χ1v) is 14.3. The lowest BCUT2D eigenvalue weighted by Gasteiger charge is -2.31. The molecule has 1 aliphatic rings. The first-order valence-electron chi connectivity index (χ1n) is 13.9. The van der Waals surface area contributed by atoms with Crippen molar-refractivity contribution in [3.8, 4) is 17.0 Å². The Morgan fingerprint density at radius 3 is 2.45 bits per heavy atom. The highest BCUT2D eigenvalue weighted by Gasteiger charge is 2.22. The minimum atomic E-state index is -0.359. The zero-order valence-electron chi connectivity index (χ0n) is 23.2. The monoisotopic (exact) mass is 567 g/mol. The van der Waals surface area contributed by atoms with Gasteiger partial charge in [-0.25, -0.2) is 4.79 Å². The van der Waals surface area contributed by atoms with Gasteiger partial charge in [0.15, 0.2) is 0 Å². The van der Waals surface area contributed by atoms with Crippen LogP contribution in [0.4, 0.5) is 16.2 Å². The SMILES string of the molecule is CCCCCC(=O)OC1CCN(CCOc2ccc(NC(=O)Nc3ccc(Cl)cc3)cc2-c2ccnn2C)CC1. The topological polar surface area (TPSA) is 97.7 Å². The molecular weight excluding hydrogens is 530 g/mol. The summed E-state index contributed by atoms with van der Waals surface area (Å²) in [5, 5.41) is 10.6. The van der Waals surface area contributed by atoms with E-state index in [1.165, 1.54) is 0 Å². The Balaban J connectivity index is 1.30. The lowest BCUT2D eigenvalue weighted by Crippen LogP contribution is -2.39. The van der Waals surface area contributed by atoms with E-state index in [-0.39, 0.29) is 18.1 Å². The Kier molecular flexibility index (Phi) is 10.8. The molecule has 2 N–H and O–H groups in total. The van der Waals surface area contributed by atoms with E-state index in [9.17, 15) is 9.59 Å². The molecule has 0 bridgehead atoms. The summed E-state index contributed by atoms with van der Waals surface area (Å²) in [6.07, 6.45) is 7.01. The number of anilines is 2. The van der Waals surface area contributed by atoms with Crippen molar-refractivity contribution in [2.75, 3.05) is 36.9 Å². The van der Waals surface area contributed by atoms with E-state index in [4.69, 9.17) is 21.1 Å². The van der Waals surface area contributed by atoms with Crippen molar-refractivity contribution in [3.05, 3.63) is 59.8 Å².